The zero-order valence-electron chi connectivity index (χ0n) is 10.3. The van der Waals surface area contributed by atoms with E-state index in [1.165, 1.54) is 11.0 Å². The van der Waals surface area contributed by atoms with Crippen LogP contribution in [0.2, 0.25) is 0 Å². The van der Waals surface area contributed by atoms with Crippen molar-refractivity contribution >= 4 is 17.3 Å². The monoisotopic (exact) mass is 279 g/mol. The number of azide groups is 1. The minimum atomic E-state index is -0.948. The molecule has 0 aromatic heterocycles. The molecule has 8 nitrogen and oxygen atoms in total. The Bertz CT molecular complexity index is 614. The highest BCUT2D eigenvalue weighted by Crippen LogP contribution is 2.29. The van der Waals surface area contributed by atoms with Crippen LogP contribution >= 0.6 is 0 Å². The van der Waals surface area contributed by atoms with E-state index in [1.807, 2.05) is 0 Å². The molecular weight excluding hydrogens is 269 g/mol. The first-order chi connectivity index (χ1) is 9.52. The standard InChI is InChI=1S/C11H10FN5O3/c12-9-2-1-8(4-10(9)17(19)20)16-6-7(3-11(16)18)5-14-15-13/h1-2,4,7H,3,5-6H2. The number of amides is 1. The molecule has 0 N–H and O–H groups in total. The number of hydrogen-bond donors (Lipinski definition) is 0. The first-order valence-corrected chi connectivity index (χ1v) is 5.78. The number of hydrogen-bond acceptors (Lipinski definition) is 4. The summed E-state index contributed by atoms with van der Waals surface area (Å²) in [5, 5.41) is 14.1. The van der Waals surface area contributed by atoms with E-state index in [1.54, 1.807) is 0 Å². The maximum atomic E-state index is 13.2. The summed E-state index contributed by atoms with van der Waals surface area (Å²) in [7, 11) is 0. The van der Waals surface area contributed by atoms with Crippen LogP contribution in [0.15, 0.2) is 23.3 Å². The lowest BCUT2D eigenvalue weighted by molar-refractivity contribution is -0.387. The molecule has 1 aromatic carbocycles. The maximum Gasteiger partial charge on any atom is 0.306 e. The molecule has 2 rings (SSSR count). The van der Waals surface area contributed by atoms with Crippen LogP contribution in [-0.4, -0.2) is 23.9 Å². The molecule has 1 fully saturated rings. The minimum absolute atomic E-state index is 0.137. The second-order valence-electron chi connectivity index (χ2n) is 4.38. The van der Waals surface area contributed by atoms with E-state index in [0.29, 0.717) is 6.54 Å². The van der Waals surface area contributed by atoms with Gasteiger partial charge in [0.25, 0.3) is 0 Å². The molecule has 1 unspecified atom stereocenters. The minimum Gasteiger partial charge on any atom is -0.312 e. The summed E-state index contributed by atoms with van der Waals surface area (Å²) in [5.74, 6) is -1.32. The predicted octanol–water partition coefficient (Wildman–Crippen LogP) is 2.40. The quantitative estimate of drug-likeness (QED) is 0.277. The number of carbonyl (C=O) groups is 1. The van der Waals surface area contributed by atoms with Crippen molar-refractivity contribution in [1.82, 2.24) is 0 Å². The molecule has 1 saturated heterocycles. The fraction of sp³-hybridized carbons (Fsp3) is 0.364. The highest BCUT2D eigenvalue weighted by Gasteiger charge is 2.31. The van der Waals surface area contributed by atoms with Gasteiger partial charge in [-0.05, 0) is 23.6 Å². The molecule has 1 aliphatic heterocycles. The lowest BCUT2D eigenvalue weighted by Gasteiger charge is -2.16. The normalized spacial score (nSPS) is 17.9. The van der Waals surface area contributed by atoms with Crippen LogP contribution in [0, 0.1) is 21.8 Å². The first-order valence-electron chi connectivity index (χ1n) is 5.78. The topological polar surface area (TPSA) is 112 Å². The molecule has 0 spiro atoms. The van der Waals surface area contributed by atoms with E-state index >= 15 is 0 Å². The van der Waals surface area contributed by atoms with Crippen LogP contribution in [0.1, 0.15) is 6.42 Å². The number of rotatable bonds is 4. The highest BCUT2D eigenvalue weighted by molar-refractivity contribution is 5.96. The maximum absolute atomic E-state index is 13.2. The average molecular weight is 279 g/mol. The number of carbonyl (C=O) groups excluding carboxylic acids is 1. The number of anilines is 1. The van der Waals surface area contributed by atoms with Crippen LogP contribution in [0.5, 0.6) is 0 Å². The second kappa shape index (κ2) is 5.54. The Hall–Kier alpha value is -2.67. The molecule has 9 heteroatoms. The van der Waals surface area contributed by atoms with Crippen molar-refractivity contribution in [3.8, 4) is 0 Å². The van der Waals surface area contributed by atoms with Crippen molar-refractivity contribution in [3.63, 3.8) is 0 Å². The highest BCUT2D eigenvalue weighted by atomic mass is 19.1. The van der Waals surface area contributed by atoms with Gasteiger partial charge in [-0.1, -0.05) is 5.11 Å². The Labute approximate surface area is 112 Å². The van der Waals surface area contributed by atoms with Gasteiger partial charge in [0, 0.05) is 30.5 Å². The molecule has 104 valence electrons. The van der Waals surface area contributed by atoms with Crippen LogP contribution in [-0.2, 0) is 4.79 Å². The van der Waals surface area contributed by atoms with Gasteiger partial charge in [0.1, 0.15) is 0 Å². The van der Waals surface area contributed by atoms with Gasteiger partial charge in [0.05, 0.1) is 10.6 Å². The summed E-state index contributed by atoms with van der Waals surface area (Å²) in [6.45, 7) is 0.475. The van der Waals surface area contributed by atoms with Crippen molar-refractivity contribution in [2.75, 3.05) is 18.0 Å². The van der Waals surface area contributed by atoms with Crippen molar-refractivity contribution in [3.05, 3.63) is 44.6 Å². The van der Waals surface area contributed by atoms with Gasteiger partial charge in [-0.25, -0.2) is 0 Å². The fourth-order valence-electron chi connectivity index (χ4n) is 2.11. The molecule has 1 aliphatic rings. The van der Waals surface area contributed by atoms with Gasteiger partial charge in [-0.15, -0.1) is 0 Å². The zero-order valence-corrected chi connectivity index (χ0v) is 10.3. The first kappa shape index (κ1) is 13.8. The summed E-state index contributed by atoms with van der Waals surface area (Å²) in [4.78, 5) is 25.7. The largest absolute Gasteiger partial charge is 0.312 e. The van der Waals surface area contributed by atoms with Gasteiger partial charge in [-0.3, -0.25) is 14.9 Å². The summed E-state index contributed by atoms with van der Waals surface area (Å²) < 4.78 is 13.2. The molecule has 1 heterocycles. The van der Waals surface area contributed by atoms with Gasteiger partial charge in [0.15, 0.2) is 0 Å². The Balaban J connectivity index is 2.24. The molecular formula is C11H10FN5O3. The van der Waals surface area contributed by atoms with E-state index in [-0.39, 0.29) is 30.5 Å². The van der Waals surface area contributed by atoms with E-state index in [9.17, 15) is 19.3 Å². The molecule has 1 aromatic rings. The smallest absolute Gasteiger partial charge is 0.306 e. The number of nitro benzene ring substituents is 1. The Morgan fingerprint density at radius 1 is 1.60 bits per heavy atom. The summed E-state index contributed by atoms with van der Waals surface area (Å²) in [6, 6.07) is 3.31. The lowest BCUT2D eigenvalue weighted by Crippen LogP contribution is -2.24. The van der Waals surface area contributed by atoms with Crippen molar-refractivity contribution in [1.29, 1.82) is 0 Å². The Morgan fingerprint density at radius 3 is 3.00 bits per heavy atom. The number of halogens is 1. The number of benzene rings is 1. The molecule has 0 radical (unpaired) electrons. The Morgan fingerprint density at radius 2 is 2.35 bits per heavy atom. The van der Waals surface area contributed by atoms with E-state index in [2.05, 4.69) is 10.0 Å². The third-order valence-electron chi connectivity index (χ3n) is 3.05. The number of nitro groups is 1. The van der Waals surface area contributed by atoms with E-state index < -0.39 is 16.4 Å². The van der Waals surface area contributed by atoms with Crippen LogP contribution in [0.25, 0.3) is 10.4 Å². The van der Waals surface area contributed by atoms with E-state index in [0.717, 1.165) is 12.1 Å². The summed E-state index contributed by atoms with van der Waals surface area (Å²) >= 11 is 0. The van der Waals surface area contributed by atoms with Crippen LogP contribution in [0.3, 0.4) is 0 Å². The predicted molar refractivity (Wildman–Crippen MR) is 67.5 cm³/mol. The van der Waals surface area contributed by atoms with Gasteiger partial charge < -0.3 is 4.90 Å². The molecule has 0 bridgehead atoms. The Kier molecular flexibility index (Phi) is 3.81. The third-order valence-corrected chi connectivity index (χ3v) is 3.05. The second-order valence-corrected chi connectivity index (χ2v) is 4.38. The van der Waals surface area contributed by atoms with Crippen molar-refractivity contribution in [2.45, 2.75) is 6.42 Å². The summed E-state index contributed by atoms with van der Waals surface area (Å²) in [6.07, 6.45) is 0.199. The molecule has 20 heavy (non-hydrogen) atoms. The third kappa shape index (κ3) is 2.67. The van der Waals surface area contributed by atoms with Gasteiger partial charge >= 0.3 is 5.69 Å². The van der Waals surface area contributed by atoms with Gasteiger partial charge in [-0.2, -0.15) is 4.39 Å². The molecule has 1 amide bonds. The van der Waals surface area contributed by atoms with Crippen molar-refractivity contribution in [2.24, 2.45) is 11.0 Å². The molecule has 0 aliphatic carbocycles. The molecule has 1 atom stereocenters. The SMILES string of the molecule is [N-]=[N+]=NCC1CC(=O)N(c2ccc(F)c([N+](=O)[O-])c2)C1. The fourth-order valence-corrected chi connectivity index (χ4v) is 2.11. The van der Waals surface area contributed by atoms with E-state index in [4.69, 9.17) is 5.53 Å². The summed E-state index contributed by atoms with van der Waals surface area (Å²) in [5.41, 5.74) is 7.84. The lowest BCUT2D eigenvalue weighted by atomic mass is 10.1. The zero-order chi connectivity index (χ0) is 14.7. The van der Waals surface area contributed by atoms with Crippen LogP contribution < -0.4 is 4.90 Å². The van der Waals surface area contributed by atoms with Crippen molar-refractivity contribution < 1.29 is 14.1 Å². The average Bonchev–Trinajstić information content (AvgIpc) is 2.78. The van der Waals surface area contributed by atoms with Gasteiger partial charge in [0.2, 0.25) is 11.7 Å². The van der Waals surface area contributed by atoms with Crippen LogP contribution in [0.4, 0.5) is 15.8 Å². The molecule has 0 saturated carbocycles. The number of nitrogens with zero attached hydrogens (tertiary/aromatic N) is 5.